The molecule has 3 heterocycles. The van der Waals surface area contributed by atoms with Crippen molar-refractivity contribution in [3.05, 3.63) is 65.3 Å². The number of aromatic nitrogens is 1. The molecule has 1 fully saturated rings. The monoisotopic (exact) mass is 706 g/mol. The van der Waals surface area contributed by atoms with Crippen molar-refractivity contribution in [2.75, 3.05) is 42.0 Å². The van der Waals surface area contributed by atoms with Crippen LogP contribution in [0.2, 0.25) is 5.02 Å². The molecule has 3 aromatic rings. The fourth-order valence-electron chi connectivity index (χ4n) is 5.64. The average molecular weight is 707 g/mol. The van der Waals surface area contributed by atoms with Gasteiger partial charge in [0.2, 0.25) is 0 Å². The number of carbonyl (C=O) groups is 1. The van der Waals surface area contributed by atoms with Gasteiger partial charge in [0, 0.05) is 36.4 Å². The van der Waals surface area contributed by atoms with E-state index in [0.717, 1.165) is 34.6 Å². The minimum atomic E-state index is -5.01. The smallest absolute Gasteiger partial charge is 0.465 e. The number of carbonyl (C=O) groups excluding carboxylic acids is 1. The van der Waals surface area contributed by atoms with Gasteiger partial charge in [0.25, 0.3) is 10.0 Å². The molecule has 0 spiro atoms. The topological polar surface area (TPSA) is 92.3 Å². The summed E-state index contributed by atoms with van der Waals surface area (Å²) < 4.78 is 118. The number of piperazine rings is 1. The van der Waals surface area contributed by atoms with Crippen molar-refractivity contribution in [1.29, 1.82) is 0 Å². The Bertz CT molecular complexity index is 1790. The highest BCUT2D eigenvalue weighted by Crippen LogP contribution is 2.43. The van der Waals surface area contributed by atoms with Gasteiger partial charge in [-0.2, -0.15) is 13.2 Å². The minimum absolute atomic E-state index is 0.00692. The number of esters is 1. The van der Waals surface area contributed by atoms with Crippen LogP contribution in [0.3, 0.4) is 0 Å². The molecule has 0 amide bonds. The van der Waals surface area contributed by atoms with E-state index in [2.05, 4.69) is 9.72 Å². The molecule has 0 radical (unpaired) electrons. The molecule has 254 valence electrons. The first-order chi connectivity index (χ1) is 21.8. The number of rotatable bonds is 7. The van der Waals surface area contributed by atoms with Crippen LogP contribution >= 0.6 is 11.6 Å². The van der Waals surface area contributed by atoms with Gasteiger partial charge < -0.3 is 14.4 Å². The molecule has 2 aliphatic heterocycles. The maximum absolute atomic E-state index is 14.1. The van der Waals surface area contributed by atoms with Gasteiger partial charge in [-0.3, -0.25) is 14.0 Å². The maximum atomic E-state index is 14.1. The summed E-state index contributed by atoms with van der Waals surface area (Å²) >= 11 is 6.08. The zero-order valence-electron chi connectivity index (χ0n) is 25.2. The first kappa shape index (κ1) is 34.6. The first-order valence-corrected chi connectivity index (χ1v) is 16.1. The number of hydrogen-bond acceptors (Lipinski definition) is 8. The molecule has 0 unspecified atom stereocenters. The molecule has 5 rings (SSSR count). The third kappa shape index (κ3) is 7.09. The molecule has 9 nitrogen and oxygen atoms in total. The Morgan fingerprint density at radius 3 is 2.38 bits per heavy atom. The number of anilines is 2. The third-order valence-corrected chi connectivity index (χ3v) is 9.99. The van der Waals surface area contributed by atoms with Crippen LogP contribution in [0.25, 0.3) is 11.1 Å². The van der Waals surface area contributed by atoms with E-state index in [-0.39, 0.29) is 47.4 Å². The number of nitrogens with zero attached hydrogens (tertiary/aromatic N) is 4. The summed E-state index contributed by atoms with van der Waals surface area (Å²) in [6.45, 7) is 5.78. The van der Waals surface area contributed by atoms with E-state index < -0.39 is 56.3 Å². The summed E-state index contributed by atoms with van der Waals surface area (Å²) in [5.41, 5.74) is -1.96. The lowest BCUT2D eigenvalue weighted by atomic mass is 9.98. The van der Waals surface area contributed by atoms with Crippen molar-refractivity contribution < 1.29 is 49.0 Å². The van der Waals surface area contributed by atoms with Crippen molar-refractivity contribution in [3.63, 3.8) is 0 Å². The van der Waals surface area contributed by atoms with Crippen molar-refractivity contribution in [1.82, 2.24) is 9.88 Å². The van der Waals surface area contributed by atoms with Crippen molar-refractivity contribution in [2.24, 2.45) is 0 Å². The Morgan fingerprint density at radius 2 is 1.72 bits per heavy atom. The zero-order chi connectivity index (χ0) is 34.5. The Kier molecular flexibility index (Phi) is 9.09. The van der Waals surface area contributed by atoms with E-state index in [1.54, 1.807) is 20.8 Å². The van der Waals surface area contributed by atoms with E-state index in [1.807, 2.05) is 9.80 Å². The molecule has 1 aromatic heterocycles. The lowest BCUT2D eigenvalue weighted by Gasteiger charge is -2.51. The fourth-order valence-corrected chi connectivity index (χ4v) is 7.41. The number of sulfonamides is 1. The van der Waals surface area contributed by atoms with Crippen LogP contribution in [0.5, 0.6) is 5.75 Å². The normalized spacial score (nSPS) is 17.6. The molecule has 0 aliphatic carbocycles. The SMILES string of the molecule is CCOC(=O)C(C)(C)N1CCN2c3ncc(-c4cc(Cl)cc(OC(F)(F)F)c4)cc3N(S(=O)(=O)c3cccc(C(F)(F)F)c3)C[C@@H]2C1. The molecule has 17 heteroatoms. The molecule has 47 heavy (non-hydrogen) atoms. The predicted octanol–water partition coefficient (Wildman–Crippen LogP) is 6.36. The van der Waals surface area contributed by atoms with Crippen LogP contribution in [0.1, 0.15) is 26.3 Å². The van der Waals surface area contributed by atoms with Crippen LogP contribution in [0.15, 0.2) is 59.6 Å². The molecule has 2 aliphatic rings. The lowest BCUT2D eigenvalue weighted by Crippen LogP contribution is -2.65. The number of benzene rings is 2. The molecular weight excluding hydrogens is 678 g/mol. The first-order valence-electron chi connectivity index (χ1n) is 14.3. The highest BCUT2D eigenvalue weighted by molar-refractivity contribution is 7.92. The van der Waals surface area contributed by atoms with Gasteiger partial charge in [0.15, 0.2) is 5.82 Å². The minimum Gasteiger partial charge on any atom is -0.465 e. The van der Waals surface area contributed by atoms with Gasteiger partial charge in [0.05, 0.1) is 35.3 Å². The number of hydrogen-bond donors (Lipinski definition) is 0. The van der Waals surface area contributed by atoms with E-state index >= 15 is 0 Å². The number of pyridine rings is 1. The predicted molar refractivity (Wildman–Crippen MR) is 161 cm³/mol. The second-order valence-corrected chi connectivity index (χ2v) is 13.7. The van der Waals surface area contributed by atoms with Crippen molar-refractivity contribution in [3.8, 4) is 16.9 Å². The number of halogens is 7. The Morgan fingerprint density at radius 1 is 1.00 bits per heavy atom. The quantitative estimate of drug-likeness (QED) is 0.207. The fraction of sp³-hybridized carbons (Fsp3) is 0.400. The molecule has 1 saturated heterocycles. The standard InChI is InChI=1S/C30H29ClF6N4O5S/c1-4-45-27(42)28(2,3)39-8-9-40-22(16-39)17-41(47(43,44)24-7-5-6-20(13-24)29(32,33)34)25-12-19(15-38-26(25)40)18-10-21(31)14-23(11-18)46-30(35,36)37/h5-7,10-15,22H,4,8-9,16-17H2,1-3H3/t22-/m0/s1. The van der Waals surface area contributed by atoms with Gasteiger partial charge in [0.1, 0.15) is 11.3 Å². The molecule has 0 bridgehead atoms. The van der Waals surface area contributed by atoms with Gasteiger partial charge in [-0.15, -0.1) is 13.2 Å². The Hall–Kier alpha value is -3.76. The Balaban J connectivity index is 1.61. The van der Waals surface area contributed by atoms with Crippen molar-refractivity contribution in [2.45, 2.75) is 49.8 Å². The molecule has 0 saturated carbocycles. The maximum Gasteiger partial charge on any atom is 0.573 e. The van der Waals surface area contributed by atoms with E-state index in [4.69, 9.17) is 16.3 Å². The van der Waals surface area contributed by atoms with Crippen LogP contribution in [-0.2, 0) is 25.7 Å². The molecular formula is C30H29ClF6N4O5S. The summed E-state index contributed by atoms with van der Waals surface area (Å²) in [7, 11) is -4.67. The number of ether oxygens (including phenoxy) is 2. The Labute approximate surface area is 271 Å². The molecule has 2 aromatic carbocycles. The summed E-state index contributed by atoms with van der Waals surface area (Å²) in [4.78, 5) is 20.3. The highest BCUT2D eigenvalue weighted by Gasteiger charge is 2.46. The highest BCUT2D eigenvalue weighted by atomic mass is 35.5. The van der Waals surface area contributed by atoms with Crippen LogP contribution in [-0.4, -0.2) is 75.0 Å². The van der Waals surface area contributed by atoms with Crippen LogP contribution < -0.4 is 13.9 Å². The van der Waals surface area contributed by atoms with E-state index in [0.29, 0.717) is 19.2 Å². The average Bonchev–Trinajstić information content (AvgIpc) is 2.98. The van der Waals surface area contributed by atoms with Crippen molar-refractivity contribution >= 4 is 39.1 Å². The van der Waals surface area contributed by atoms with Gasteiger partial charge >= 0.3 is 18.5 Å². The largest absolute Gasteiger partial charge is 0.573 e. The summed E-state index contributed by atoms with van der Waals surface area (Å²) in [5, 5.41) is -0.103. The second kappa shape index (κ2) is 12.4. The summed E-state index contributed by atoms with van der Waals surface area (Å²) in [6.07, 6.45) is -8.50. The van der Waals surface area contributed by atoms with Crippen LogP contribution in [0, 0.1) is 0 Å². The molecule has 1 atom stereocenters. The molecule has 0 N–H and O–H groups in total. The zero-order valence-corrected chi connectivity index (χ0v) is 26.8. The van der Waals surface area contributed by atoms with E-state index in [9.17, 15) is 39.6 Å². The van der Waals surface area contributed by atoms with E-state index in [1.165, 1.54) is 18.3 Å². The lowest BCUT2D eigenvalue weighted by molar-refractivity contribution is -0.274. The summed E-state index contributed by atoms with van der Waals surface area (Å²) in [5.74, 6) is -0.911. The number of fused-ring (bicyclic) bond motifs is 3. The van der Waals surface area contributed by atoms with Gasteiger partial charge in [-0.05, 0) is 68.8 Å². The van der Waals surface area contributed by atoms with Gasteiger partial charge in [-0.1, -0.05) is 17.7 Å². The summed E-state index contributed by atoms with van der Waals surface area (Å²) in [6, 6.07) is 7.44. The van der Waals surface area contributed by atoms with Gasteiger partial charge in [-0.25, -0.2) is 13.4 Å². The van der Waals surface area contributed by atoms with Crippen LogP contribution in [0.4, 0.5) is 37.8 Å². The second-order valence-electron chi connectivity index (χ2n) is 11.4. The number of alkyl halides is 6. The third-order valence-electron chi connectivity index (χ3n) is 8.00.